The third-order valence-corrected chi connectivity index (χ3v) is 13.2. The van der Waals surface area contributed by atoms with Gasteiger partial charge in [0.15, 0.2) is 0 Å². The van der Waals surface area contributed by atoms with Crippen LogP contribution in [0.1, 0.15) is 303 Å². The Kier molecular flexibility index (Phi) is 53.1. The van der Waals surface area contributed by atoms with E-state index in [1.165, 1.54) is 180 Å². The molecule has 0 aliphatic rings. The Bertz CT molecular complexity index is 1060. The average molecular weight is 915 g/mol. The van der Waals surface area contributed by atoms with Crippen LogP contribution in [-0.4, -0.2) is 47.4 Å². The van der Waals surface area contributed by atoms with Gasteiger partial charge in [0.25, 0.3) is 0 Å². The number of carbonyl (C=O) groups excluding carboxylic acids is 2. The third-order valence-electron chi connectivity index (χ3n) is 13.2. The van der Waals surface area contributed by atoms with Crippen LogP contribution >= 0.6 is 0 Å². The van der Waals surface area contributed by atoms with Crippen molar-refractivity contribution in [2.75, 3.05) is 13.2 Å². The molecule has 382 valence electrons. The molecule has 0 aromatic rings. The Hall–Kier alpha value is -1.92. The first-order chi connectivity index (χ1) is 32.0. The summed E-state index contributed by atoms with van der Waals surface area (Å²) < 4.78 is 5.44. The van der Waals surface area contributed by atoms with Crippen LogP contribution in [0, 0.1) is 0 Å². The number of unbranched alkanes of at least 4 members (excludes halogenated alkanes) is 36. The number of hydrogen-bond acceptors (Lipinski definition) is 5. The molecule has 0 bridgehead atoms. The fourth-order valence-corrected chi connectivity index (χ4v) is 8.72. The maximum atomic E-state index is 12.5. The van der Waals surface area contributed by atoms with Crippen LogP contribution in [-0.2, 0) is 14.3 Å². The van der Waals surface area contributed by atoms with Gasteiger partial charge in [-0.1, -0.05) is 237 Å². The zero-order chi connectivity index (χ0) is 47.2. The van der Waals surface area contributed by atoms with Crippen LogP contribution in [0.2, 0.25) is 0 Å². The highest BCUT2D eigenvalue weighted by Gasteiger charge is 2.20. The molecule has 0 spiro atoms. The number of hydrogen-bond donors (Lipinski definition) is 3. The number of aliphatic hydroxyl groups is 2. The van der Waals surface area contributed by atoms with Crippen molar-refractivity contribution in [3.8, 4) is 0 Å². The Morgan fingerprint density at radius 2 is 0.769 bits per heavy atom. The summed E-state index contributed by atoms with van der Waals surface area (Å²) in [5, 5.41) is 23.3. The highest BCUT2D eigenvalue weighted by atomic mass is 16.5. The Balaban J connectivity index is 3.51. The lowest BCUT2D eigenvalue weighted by atomic mass is 10.0. The van der Waals surface area contributed by atoms with E-state index in [1.807, 2.05) is 0 Å². The van der Waals surface area contributed by atoms with Crippen molar-refractivity contribution in [1.82, 2.24) is 5.32 Å². The van der Waals surface area contributed by atoms with Gasteiger partial charge in [0, 0.05) is 12.8 Å². The van der Waals surface area contributed by atoms with Gasteiger partial charge < -0.3 is 20.3 Å². The number of nitrogens with one attached hydrogen (secondary N) is 1. The normalized spacial score (nSPS) is 12.9. The largest absolute Gasteiger partial charge is 0.466 e. The number of esters is 1. The van der Waals surface area contributed by atoms with Gasteiger partial charge >= 0.3 is 5.97 Å². The summed E-state index contributed by atoms with van der Waals surface area (Å²) in [6, 6.07) is -0.562. The molecule has 3 N–H and O–H groups in total. The molecule has 0 rings (SSSR count). The molecule has 0 radical (unpaired) electrons. The van der Waals surface area contributed by atoms with Gasteiger partial charge in [-0.05, 0) is 89.9 Å². The van der Waals surface area contributed by atoms with Gasteiger partial charge in [-0.3, -0.25) is 9.59 Å². The maximum Gasteiger partial charge on any atom is 0.305 e. The minimum atomic E-state index is -0.682. The van der Waals surface area contributed by atoms with Crippen molar-refractivity contribution in [3.63, 3.8) is 0 Å². The van der Waals surface area contributed by atoms with Gasteiger partial charge in [-0.15, -0.1) is 0 Å². The number of carbonyl (C=O) groups is 2. The van der Waals surface area contributed by atoms with Crippen LogP contribution < -0.4 is 5.32 Å². The monoisotopic (exact) mass is 914 g/mol. The smallest absolute Gasteiger partial charge is 0.305 e. The third kappa shape index (κ3) is 51.3. The number of amides is 1. The molecule has 0 aromatic heterocycles. The van der Waals surface area contributed by atoms with E-state index in [2.05, 4.69) is 55.6 Å². The number of aliphatic hydroxyl groups excluding tert-OH is 2. The van der Waals surface area contributed by atoms with Crippen molar-refractivity contribution in [3.05, 3.63) is 36.5 Å². The summed E-state index contributed by atoms with van der Waals surface area (Å²) in [7, 11) is 0. The number of rotatable bonds is 53. The molecular weight excluding hydrogens is 803 g/mol. The average Bonchev–Trinajstić information content (AvgIpc) is 3.31. The molecule has 0 aliphatic heterocycles. The van der Waals surface area contributed by atoms with Crippen LogP contribution in [0.3, 0.4) is 0 Å². The molecular formula is C59H111NO5. The van der Waals surface area contributed by atoms with Gasteiger partial charge in [0.05, 0.1) is 25.4 Å². The van der Waals surface area contributed by atoms with E-state index in [0.29, 0.717) is 25.9 Å². The fraction of sp³-hybridized carbons (Fsp3) is 0.864. The number of allylic oxidation sites excluding steroid dienone is 6. The first kappa shape index (κ1) is 63.1. The first-order valence-corrected chi connectivity index (χ1v) is 28.7. The number of ether oxygens (including phenoxy) is 1. The molecule has 0 saturated heterocycles. The zero-order valence-electron chi connectivity index (χ0n) is 43.5. The summed E-state index contributed by atoms with van der Waals surface area (Å²) in [6.45, 7) is 4.87. The molecule has 2 unspecified atom stereocenters. The van der Waals surface area contributed by atoms with E-state index in [-0.39, 0.29) is 18.5 Å². The summed E-state index contributed by atoms with van der Waals surface area (Å²) in [4.78, 5) is 24.5. The van der Waals surface area contributed by atoms with Crippen molar-refractivity contribution in [2.24, 2.45) is 0 Å². The summed E-state index contributed by atoms with van der Waals surface area (Å²) in [5.74, 6) is -0.0962. The maximum absolute atomic E-state index is 12.5. The lowest BCUT2D eigenvalue weighted by molar-refractivity contribution is -0.143. The quantitative estimate of drug-likeness (QED) is 0.0321. The second-order valence-corrected chi connectivity index (χ2v) is 19.6. The molecule has 6 nitrogen and oxygen atoms in total. The minimum Gasteiger partial charge on any atom is -0.466 e. The molecule has 0 fully saturated rings. The van der Waals surface area contributed by atoms with Crippen molar-refractivity contribution in [2.45, 2.75) is 315 Å². The summed E-state index contributed by atoms with van der Waals surface area (Å²) in [6.07, 6.45) is 67.0. The molecule has 1 amide bonds. The van der Waals surface area contributed by atoms with Crippen LogP contribution in [0.5, 0.6) is 0 Å². The Labute approximate surface area is 404 Å². The highest BCUT2D eigenvalue weighted by molar-refractivity contribution is 5.76. The Morgan fingerprint density at radius 1 is 0.431 bits per heavy atom. The lowest BCUT2D eigenvalue weighted by Gasteiger charge is -2.22. The second kappa shape index (κ2) is 54.7. The van der Waals surface area contributed by atoms with Crippen LogP contribution in [0.15, 0.2) is 36.5 Å². The van der Waals surface area contributed by atoms with E-state index in [9.17, 15) is 19.8 Å². The van der Waals surface area contributed by atoms with Crippen molar-refractivity contribution >= 4 is 11.9 Å². The SMILES string of the molecule is CCCCC/C=C\C/C=C\CCCCCCCC(=O)OCCCCC/C=C\CCCCCCCC(=O)NC(CO)C(O)CCCCCCCCCCCCCCCCCCCCCCC. The summed E-state index contributed by atoms with van der Waals surface area (Å²) >= 11 is 0. The standard InChI is InChI=1S/C59H111NO5/c1-3-5-7-9-11-13-15-17-19-20-21-22-23-24-26-27-31-35-39-43-47-51-57(62)56(55-61)60-58(63)52-48-44-40-36-32-29-30-34-38-42-46-50-54-65-59(64)53-49-45-41-37-33-28-25-18-16-14-12-10-8-6-4-2/h12,14,18,25,30,34,56-57,61-62H,3-11,13,15-17,19-24,26-29,31-33,35-55H2,1-2H3,(H,60,63)/b14-12-,25-18-,34-30-. The van der Waals surface area contributed by atoms with Gasteiger partial charge in [0.1, 0.15) is 0 Å². The topological polar surface area (TPSA) is 95.9 Å². The Morgan fingerprint density at radius 3 is 1.22 bits per heavy atom. The zero-order valence-corrected chi connectivity index (χ0v) is 43.5. The van der Waals surface area contributed by atoms with E-state index in [4.69, 9.17) is 4.74 Å². The molecule has 0 heterocycles. The van der Waals surface area contributed by atoms with Gasteiger partial charge in [-0.2, -0.15) is 0 Å². The van der Waals surface area contributed by atoms with Crippen LogP contribution in [0.25, 0.3) is 0 Å². The molecule has 6 heteroatoms. The molecule has 0 aliphatic carbocycles. The minimum absolute atomic E-state index is 0.0364. The van der Waals surface area contributed by atoms with Crippen molar-refractivity contribution in [1.29, 1.82) is 0 Å². The van der Waals surface area contributed by atoms with Crippen LogP contribution in [0.4, 0.5) is 0 Å². The molecule has 65 heavy (non-hydrogen) atoms. The second-order valence-electron chi connectivity index (χ2n) is 19.6. The lowest BCUT2D eigenvalue weighted by Crippen LogP contribution is -2.45. The van der Waals surface area contributed by atoms with Crippen molar-refractivity contribution < 1.29 is 24.5 Å². The molecule has 2 atom stereocenters. The van der Waals surface area contributed by atoms with Gasteiger partial charge in [0.2, 0.25) is 5.91 Å². The van der Waals surface area contributed by atoms with Gasteiger partial charge in [-0.25, -0.2) is 0 Å². The van der Waals surface area contributed by atoms with E-state index in [1.54, 1.807) is 0 Å². The summed E-state index contributed by atoms with van der Waals surface area (Å²) in [5.41, 5.74) is 0. The molecule has 0 saturated carbocycles. The van der Waals surface area contributed by atoms with E-state index in [0.717, 1.165) is 89.9 Å². The molecule has 0 aromatic carbocycles. The predicted octanol–water partition coefficient (Wildman–Crippen LogP) is 17.6. The predicted molar refractivity (Wildman–Crippen MR) is 283 cm³/mol. The van der Waals surface area contributed by atoms with E-state index < -0.39 is 12.1 Å². The van der Waals surface area contributed by atoms with E-state index >= 15 is 0 Å². The highest BCUT2D eigenvalue weighted by Crippen LogP contribution is 2.17. The fourth-order valence-electron chi connectivity index (χ4n) is 8.72. The first-order valence-electron chi connectivity index (χ1n) is 28.7.